The largest absolute Gasteiger partial charge is 0.477 e. The van der Waals surface area contributed by atoms with Gasteiger partial charge in [-0.25, -0.2) is 4.79 Å². The zero-order valence-corrected chi connectivity index (χ0v) is 24.1. The van der Waals surface area contributed by atoms with Gasteiger partial charge in [-0.15, -0.1) is 11.3 Å². The fraction of sp³-hybridized carbons (Fsp3) is 0.733. The molecule has 7 nitrogen and oxygen atoms in total. The molecule has 0 spiro atoms. The summed E-state index contributed by atoms with van der Waals surface area (Å²) < 4.78 is 11.3. The van der Waals surface area contributed by atoms with E-state index in [1.165, 1.54) is 0 Å². The monoisotopic (exact) mass is 545 g/mol. The molecule has 1 aromatic heterocycles. The summed E-state index contributed by atoms with van der Waals surface area (Å²) in [5.74, 6) is 5.81. The van der Waals surface area contributed by atoms with E-state index in [2.05, 4.69) is 18.8 Å². The molecule has 0 radical (unpaired) electrons. The zero-order valence-electron chi connectivity index (χ0n) is 23.3. The number of amides is 1. The van der Waals surface area contributed by atoms with E-state index in [9.17, 15) is 19.8 Å². The summed E-state index contributed by atoms with van der Waals surface area (Å²) in [4.78, 5) is 29.0. The zero-order chi connectivity index (χ0) is 27.5. The van der Waals surface area contributed by atoms with Gasteiger partial charge in [0.15, 0.2) is 0 Å². The van der Waals surface area contributed by atoms with Crippen molar-refractivity contribution in [3.8, 4) is 11.8 Å². The number of carboxylic acids is 1. The van der Waals surface area contributed by atoms with Crippen LogP contribution < -0.4 is 4.90 Å². The Kier molecular flexibility index (Phi) is 9.24. The molecule has 2 N–H and O–H groups in total. The summed E-state index contributed by atoms with van der Waals surface area (Å²) in [5.41, 5.74) is -0.705. The lowest BCUT2D eigenvalue weighted by molar-refractivity contribution is -0.125. The minimum atomic E-state index is -1.04. The van der Waals surface area contributed by atoms with E-state index in [1.54, 1.807) is 11.0 Å². The molecule has 8 heteroatoms. The van der Waals surface area contributed by atoms with Crippen LogP contribution in [0, 0.1) is 29.1 Å². The molecule has 2 saturated carbocycles. The van der Waals surface area contributed by atoms with Crippen LogP contribution in [0.15, 0.2) is 6.07 Å². The normalized spacial score (nSPS) is 29.9. The van der Waals surface area contributed by atoms with Gasteiger partial charge in [0.1, 0.15) is 4.88 Å². The minimum Gasteiger partial charge on any atom is -0.477 e. The molecule has 210 valence electrons. The van der Waals surface area contributed by atoms with Gasteiger partial charge < -0.3 is 24.6 Å². The van der Waals surface area contributed by atoms with Crippen LogP contribution in [0.3, 0.4) is 0 Å². The van der Waals surface area contributed by atoms with E-state index in [4.69, 9.17) is 9.47 Å². The van der Waals surface area contributed by atoms with Crippen LogP contribution in [0.4, 0.5) is 5.69 Å². The Labute approximate surface area is 230 Å². The molecule has 1 amide bonds. The number of rotatable bonds is 7. The highest BCUT2D eigenvalue weighted by molar-refractivity contribution is 7.15. The molecular formula is C30H43NO6S. The Hall–Kier alpha value is -1.92. The molecular weight excluding hydrogens is 502 g/mol. The molecule has 1 saturated heterocycles. The van der Waals surface area contributed by atoms with Crippen LogP contribution in [0.2, 0.25) is 0 Å². The maximum absolute atomic E-state index is 14.1. The quantitative estimate of drug-likeness (QED) is 0.441. The van der Waals surface area contributed by atoms with Gasteiger partial charge in [0, 0.05) is 24.0 Å². The second-order valence-corrected chi connectivity index (χ2v) is 13.6. The molecule has 3 aliphatic rings. The minimum absolute atomic E-state index is 0.0160. The molecule has 3 fully saturated rings. The lowest BCUT2D eigenvalue weighted by Crippen LogP contribution is -2.50. The van der Waals surface area contributed by atoms with Crippen molar-refractivity contribution in [2.75, 3.05) is 24.7 Å². The third kappa shape index (κ3) is 7.38. The van der Waals surface area contributed by atoms with E-state index in [0.29, 0.717) is 55.4 Å². The number of carbonyl (C=O) groups is 2. The number of hydrogen-bond donors (Lipinski definition) is 2. The van der Waals surface area contributed by atoms with Crippen LogP contribution >= 0.6 is 11.3 Å². The lowest BCUT2D eigenvalue weighted by Gasteiger charge is -2.42. The summed E-state index contributed by atoms with van der Waals surface area (Å²) in [5, 5.41) is 21.3. The maximum Gasteiger partial charge on any atom is 0.348 e. The fourth-order valence-electron chi connectivity index (χ4n) is 5.68. The van der Waals surface area contributed by atoms with E-state index in [1.807, 2.05) is 20.8 Å². The first-order valence-electron chi connectivity index (χ1n) is 14.1. The molecule has 1 atom stereocenters. The van der Waals surface area contributed by atoms with Crippen molar-refractivity contribution >= 4 is 28.9 Å². The average molecular weight is 546 g/mol. The number of aromatic carboxylic acids is 1. The molecule has 38 heavy (non-hydrogen) atoms. The predicted molar refractivity (Wildman–Crippen MR) is 149 cm³/mol. The van der Waals surface area contributed by atoms with Crippen LogP contribution in [0.5, 0.6) is 0 Å². The third-order valence-electron chi connectivity index (χ3n) is 8.06. The molecule has 4 rings (SSSR count). The Balaban J connectivity index is 1.58. The van der Waals surface area contributed by atoms with Gasteiger partial charge in [-0.3, -0.25) is 4.79 Å². The van der Waals surface area contributed by atoms with Gasteiger partial charge in [0.05, 0.1) is 35.5 Å². The molecule has 1 aliphatic heterocycles. The Morgan fingerprint density at radius 2 is 1.84 bits per heavy atom. The predicted octanol–water partition coefficient (Wildman–Crippen LogP) is 5.48. The summed E-state index contributed by atoms with van der Waals surface area (Å²) in [6.45, 7) is 9.78. The summed E-state index contributed by atoms with van der Waals surface area (Å²) in [6.07, 6.45) is 6.73. The smallest absolute Gasteiger partial charge is 0.348 e. The maximum atomic E-state index is 14.1. The van der Waals surface area contributed by atoms with Gasteiger partial charge >= 0.3 is 5.97 Å². The standard InChI is InChI=1S/C30H43NO6S/c1-20-5-7-21(8-6-20)27(32)31(25-17-24(11-13-29(2,3)4)38-26(25)28(33)34)22-9-14-30(35,15-10-22)19-37-23-12-16-36-18-23/h17,20-23,35H,5-10,12,14-16,18-19H2,1-4H3,(H,33,34)/t20?,21?,22?,23-,30?/m0/s1. The number of ether oxygens (including phenoxy) is 2. The van der Waals surface area contributed by atoms with Crippen molar-refractivity contribution in [3.05, 3.63) is 15.8 Å². The van der Waals surface area contributed by atoms with Gasteiger partial charge in [0.2, 0.25) is 5.91 Å². The highest BCUT2D eigenvalue weighted by atomic mass is 32.1. The van der Waals surface area contributed by atoms with Crippen molar-refractivity contribution in [1.29, 1.82) is 0 Å². The number of aliphatic hydroxyl groups is 1. The number of nitrogens with zero attached hydrogens (tertiary/aromatic N) is 1. The molecule has 1 aromatic rings. The fourth-order valence-corrected chi connectivity index (χ4v) is 6.52. The summed E-state index contributed by atoms with van der Waals surface area (Å²) in [6, 6.07) is 1.62. The first kappa shape index (κ1) is 29.1. The van der Waals surface area contributed by atoms with Crippen molar-refractivity contribution in [2.45, 2.75) is 103 Å². The van der Waals surface area contributed by atoms with Crippen LogP contribution in [0.1, 0.15) is 100 Å². The van der Waals surface area contributed by atoms with Crippen molar-refractivity contribution in [1.82, 2.24) is 0 Å². The van der Waals surface area contributed by atoms with E-state index < -0.39 is 11.6 Å². The van der Waals surface area contributed by atoms with Gasteiger partial charge in [0.25, 0.3) is 0 Å². The van der Waals surface area contributed by atoms with E-state index in [0.717, 1.165) is 43.4 Å². The number of carbonyl (C=O) groups excluding carboxylic acids is 1. The highest BCUT2D eigenvalue weighted by Gasteiger charge is 2.41. The number of thiophene rings is 1. The van der Waals surface area contributed by atoms with E-state index >= 15 is 0 Å². The first-order chi connectivity index (χ1) is 17.9. The van der Waals surface area contributed by atoms with Gasteiger partial charge in [-0.1, -0.05) is 18.8 Å². The second-order valence-electron chi connectivity index (χ2n) is 12.5. The SMILES string of the molecule is CC1CCC(C(=O)N(c2cc(C#CC(C)(C)C)sc2C(=O)O)C2CCC(O)(CO[C@H]3CCOC3)CC2)CC1. The van der Waals surface area contributed by atoms with Crippen molar-refractivity contribution in [2.24, 2.45) is 17.3 Å². The molecule has 0 bridgehead atoms. The van der Waals surface area contributed by atoms with E-state index in [-0.39, 0.29) is 40.9 Å². The number of anilines is 1. The number of carboxylic acid groups (broad SMARTS) is 1. The van der Waals surface area contributed by atoms with Gasteiger partial charge in [-0.2, -0.15) is 0 Å². The topological polar surface area (TPSA) is 96.3 Å². The van der Waals surface area contributed by atoms with Crippen molar-refractivity contribution in [3.63, 3.8) is 0 Å². The average Bonchev–Trinajstić information content (AvgIpc) is 3.53. The first-order valence-corrected chi connectivity index (χ1v) is 14.9. The molecule has 2 heterocycles. The van der Waals surface area contributed by atoms with Crippen molar-refractivity contribution < 1.29 is 29.3 Å². The molecule has 0 unspecified atom stereocenters. The Bertz CT molecular complexity index is 1040. The van der Waals surface area contributed by atoms with Crippen LogP contribution in [-0.4, -0.2) is 59.7 Å². The van der Waals surface area contributed by atoms with Crippen LogP contribution in [-0.2, 0) is 14.3 Å². The third-order valence-corrected chi connectivity index (χ3v) is 9.08. The molecule has 0 aromatic carbocycles. The van der Waals surface area contributed by atoms with Gasteiger partial charge in [-0.05, 0) is 90.5 Å². The second kappa shape index (κ2) is 12.1. The summed E-state index contributed by atoms with van der Waals surface area (Å²) >= 11 is 1.14. The molecule has 2 aliphatic carbocycles. The summed E-state index contributed by atoms with van der Waals surface area (Å²) in [7, 11) is 0. The Morgan fingerprint density at radius 1 is 1.16 bits per heavy atom. The Morgan fingerprint density at radius 3 is 2.42 bits per heavy atom. The lowest BCUT2D eigenvalue weighted by atomic mass is 9.79. The number of hydrogen-bond acceptors (Lipinski definition) is 6. The van der Waals surface area contributed by atoms with Crippen LogP contribution in [0.25, 0.3) is 0 Å². The highest BCUT2D eigenvalue weighted by Crippen LogP contribution is 2.40.